The number of halogens is 1. The van der Waals surface area contributed by atoms with Gasteiger partial charge in [0.05, 0.1) is 11.9 Å². The van der Waals surface area contributed by atoms with Crippen LogP contribution in [0, 0.1) is 12.7 Å². The Morgan fingerprint density at radius 1 is 1.42 bits per heavy atom. The van der Waals surface area contributed by atoms with Gasteiger partial charge in [0.25, 0.3) is 0 Å². The largest absolute Gasteiger partial charge is 0.368 e. The second kappa shape index (κ2) is 5.46. The highest BCUT2D eigenvalue weighted by molar-refractivity contribution is 7.88. The molecule has 1 unspecified atom stereocenters. The number of sulfonamides is 1. The van der Waals surface area contributed by atoms with E-state index in [-0.39, 0.29) is 11.9 Å². The van der Waals surface area contributed by atoms with Gasteiger partial charge in [0.1, 0.15) is 5.82 Å². The van der Waals surface area contributed by atoms with Crippen LogP contribution in [0.15, 0.2) is 18.2 Å². The Balaban J connectivity index is 2.15. The number of aryl methyl sites for hydroxylation is 1. The van der Waals surface area contributed by atoms with Crippen LogP contribution in [0.5, 0.6) is 0 Å². The summed E-state index contributed by atoms with van der Waals surface area (Å²) in [6.07, 6.45) is 2.79. The number of nitrogens with zero attached hydrogens (tertiary/aromatic N) is 1. The maximum absolute atomic E-state index is 13.8. The van der Waals surface area contributed by atoms with Crippen LogP contribution < -0.4 is 9.62 Å². The lowest BCUT2D eigenvalue weighted by Crippen LogP contribution is -2.47. The molecule has 1 fully saturated rings. The van der Waals surface area contributed by atoms with Crippen molar-refractivity contribution in [2.45, 2.75) is 25.8 Å². The van der Waals surface area contributed by atoms with Crippen LogP contribution >= 0.6 is 0 Å². The SMILES string of the molecule is Cc1ccc(F)c(N2CCCC(NS(C)(=O)=O)C2)c1. The van der Waals surface area contributed by atoms with E-state index in [1.165, 1.54) is 6.07 Å². The van der Waals surface area contributed by atoms with Crippen molar-refractivity contribution >= 4 is 15.7 Å². The summed E-state index contributed by atoms with van der Waals surface area (Å²) in [5.74, 6) is -0.259. The van der Waals surface area contributed by atoms with Gasteiger partial charge in [-0.3, -0.25) is 0 Å². The maximum atomic E-state index is 13.8. The first kappa shape index (κ1) is 14.3. The molecule has 1 heterocycles. The van der Waals surface area contributed by atoms with Crippen LogP contribution in [0.2, 0.25) is 0 Å². The molecule has 0 amide bonds. The molecule has 0 aromatic heterocycles. The number of rotatable bonds is 3. The first-order valence-electron chi connectivity index (χ1n) is 6.33. The fourth-order valence-corrected chi connectivity index (χ4v) is 3.26. The lowest BCUT2D eigenvalue weighted by Gasteiger charge is -2.34. The molecular formula is C13H19FN2O2S. The smallest absolute Gasteiger partial charge is 0.209 e. The summed E-state index contributed by atoms with van der Waals surface area (Å²) in [4.78, 5) is 1.91. The third-order valence-corrected chi connectivity index (χ3v) is 4.01. The van der Waals surface area contributed by atoms with Crippen molar-refractivity contribution in [1.82, 2.24) is 4.72 Å². The van der Waals surface area contributed by atoms with Gasteiger partial charge < -0.3 is 4.90 Å². The van der Waals surface area contributed by atoms with Crippen LogP contribution in [-0.2, 0) is 10.0 Å². The van der Waals surface area contributed by atoms with Crippen molar-refractivity contribution in [2.75, 3.05) is 24.2 Å². The third-order valence-electron chi connectivity index (χ3n) is 3.24. The van der Waals surface area contributed by atoms with Gasteiger partial charge in [0.15, 0.2) is 0 Å². The van der Waals surface area contributed by atoms with Gasteiger partial charge in [0, 0.05) is 19.1 Å². The van der Waals surface area contributed by atoms with E-state index in [0.717, 1.165) is 31.2 Å². The average Bonchev–Trinajstić information content (AvgIpc) is 2.30. The quantitative estimate of drug-likeness (QED) is 0.919. The fraction of sp³-hybridized carbons (Fsp3) is 0.538. The minimum atomic E-state index is -3.22. The zero-order valence-corrected chi connectivity index (χ0v) is 12.0. The molecule has 6 heteroatoms. The molecule has 1 aromatic carbocycles. The summed E-state index contributed by atoms with van der Waals surface area (Å²) in [5.41, 5.74) is 1.55. The minimum absolute atomic E-state index is 0.149. The van der Waals surface area contributed by atoms with E-state index in [1.54, 1.807) is 12.1 Å². The molecule has 0 saturated carbocycles. The number of benzene rings is 1. The predicted octanol–water partition coefficient (Wildman–Crippen LogP) is 1.65. The van der Waals surface area contributed by atoms with Gasteiger partial charge in [-0.15, -0.1) is 0 Å². The topological polar surface area (TPSA) is 49.4 Å². The van der Waals surface area contributed by atoms with E-state index >= 15 is 0 Å². The number of hydrogen-bond donors (Lipinski definition) is 1. The van der Waals surface area contributed by atoms with E-state index < -0.39 is 10.0 Å². The summed E-state index contributed by atoms with van der Waals surface area (Å²) in [5, 5.41) is 0. The number of nitrogens with one attached hydrogen (secondary N) is 1. The zero-order valence-electron chi connectivity index (χ0n) is 11.2. The summed E-state index contributed by atoms with van der Waals surface area (Å²) in [6, 6.07) is 4.84. The van der Waals surface area contributed by atoms with Gasteiger partial charge in [0.2, 0.25) is 10.0 Å². The molecule has 1 aromatic rings. The number of anilines is 1. The van der Waals surface area contributed by atoms with Crippen molar-refractivity contribution < 1.29 is 12.8 Å². The Morgan fingerprint density at radius 3 is 2.84 bits per heavy atom. The molecule has 19 heavy (non-hydrogen) atoms. The molecular weight excluding hydrogens is 267 g/mol. The van der Waals surface area contributed by atoms with Crippen LogP contribution in [-0.4, -0.2) is 33.8 Å². The highest BCUT2D eigenvalue weighted by Crippen LogP contribution is 2.24. The van der Waals surface area contributed by atoms with Crippen molar-refractivity contribution in [3.8, 4) is 0 Å². The second-order valence-electron chi connectivity index (χ2n) is 5.13. The third kappa shape index (κ3) is 3.91. The van der Waals surface area contributed by atoms with Crippen molar-refractivity contribution in [3.63, 3.8) is 0 Å². The van der Waals surface area contributed by atoms with E-state index in [4.69, 9.17) is 0 Å². The van der Waals surface area contributed by atoms with Crippen molar-refractivity contribution in [2.24, 2.45) is 0 Å². The monoisotopic (exact) mass is 286 g/mol. The molecule has 0 aliphatic carbocycles. The summed E-state index contributed by atoms with van der Waals surface area (Å²) < 4.78 is 39.0. The molecule has 2 rings (SSSR count). The standard InChI is InChI=1S/C13H19FN2O2S/c1-10-5-6-12(14)13(8-10)16-7-3-4-11(9-16)15-19(2,17)18/h5-6,8,11,15H,3-4,7,9H2,1-2H3. The maximum Gasteiger partial charge on any atom is 0.209 e. The van der Waals surface area contributed by atoms with Crippen LogP contribution in [0.1, 0.15) is 18.4 Å². The zero-order chi connectivity index (χ0) is 14.0. The molecule has 106 valence electrons. The summed E-state index contributed by atoms with van der Waals surface area (Å²) >= 11 is 0. The van der Waals surface area contributed by atoms with Crippen molar-refractivity contribution in [3.05, 3.63) is 29.6 Å². The van der Waals surface area contributed by atoms with Gasteiger partial charge in [-0.1, -0.05) is 6.07 Å². The Kier molecular flexibility index (Phi) is 4.10. The molecule has 1 aliphatic rings. The van der Waals surface area contributed by atoms with Gasteiger partial charge >= 0.3 is 0 Å². The second-order valence-corrected chi connectivity index (χ2v) is 6.91. The fourth-order valence-electron chi connectivity index (χ4n) is 2.46. The van der Waals surface area contributed by atoms with E-state index in [0.29, 0.717) is 12.2 Å². The molecule has 0 bridgehead atoms. The Labute approximate surface area is 113 Å². The van der Waals surface area contributed by atoms with Gasteiger partial charge in [-0.05, 0) is 37.5 Å². The minimum Gasteiger partial charge on any atom is -0.368 e. The first-order chi connectivity index (χ1) is 8.85. The molecule has 0 spiro atoms. The lowest BCUT2D eigenvalue weighted by molar-refractivity contribution is 0.463. The van der Waals surface area contributed by atoms with Gasteiger partial charge in [-0.25, -0.2) is 17.5 Å². The number of piperidine rings is 1. The van der Waals surface area contributed by atoms with Crippen LogP contribution in [0.3, 0.4) is 0 Å². The van der Waals surface area contributed by atoms with Gasteiger partial charge in [-0.2, -0.15) is 0 Å². The average molecular weight is 286 g/mol. The number of hydrogen-bond acceptors (Lipinski definition) is 3. The van der Waals surface area contributed by atoms with Crippen LogP contribution in [0.25, 0.3) is 0 Å². The molecule has 4 nitrogen and oxygen atoms in total. The lowest BCUT2D eigenvalue weighted by atomic mass is 10.1. The molecule has 0 radical (unpaired) electrons. The Hall–Kier alpha value is -1.14. The highest BCUT2D eigenvalue weighted by Gasteiger charge is 2.24. The molecule has 1 N–H and O–H groups in total. The summed E-state index contributed by atoms with van der Waals surface area (Å²) in [6.45, 7) is 3.18. The normalized spacial score (nSPS) is 20.6. The van der Waals surface area contributed by atoms with E-state index in [2.05, 4.69) is 4.72 Å². The molecule has 1 atom stereocenters. The van der Waals surface area contributed by atoms with Crippen molar-refractivity contribution in [1.29, 1.82) is 0 Å². The molecule has 1 saturated heterocycles. The van der Waals surface area contributed by atoms with Crippen LogP contribution in [0.4, 0.5) is 10.1 Å². The van der Waals surface area contributed by atoms with E-state index in [1.807, 2.05) is 11.8 Å². The molecule has 1 aliphatic heterocycles. The first-order valence-corrected chi connectivity index (χ1v) is 8.23. The Bertz CT molecular complexity index is 560. The summed E-state index contributed by atoms with van der Waals surface area (Å²) in [7, 11) is -3.22. The highest BCUT2D eigenvalue weighted by atomic mass is 32.2. The van der Waals surface area contributed by atoms with E-state index in [9.17, 15) is 12.8 Å². The predicted molar refractivity (Wildman–Crippen MR) is 74.4 cm³/mol. The Morgan fingerprint density at radius 2 is 2.16 bits per heavy atom.